The first-order valence-electron chi connectivity index (χ1n) is 9.21. The number of hydrogen-bond acceptors (Lipinski definition) is 3. The lowest BCUT2D eigenvalue weighted by molar-refractivity contribution is 0.0712. The van der Waals surface area contributed by atoms with Crippen LogP contribution in [0.5, 0.6) is 0 Å². The Hall–Kier alpha value is -2.60. The summed E-state index contributed by atoms with van der Waals surface area (Å²) in [5.74, 6) is 0.212. The molecule has 3 heterocycles. The molecule has 0 spiro atoms. The normalized spacial score (nSPS) is 15.4. The van der Waals surface area contributed by atoms with Gasteiger partial charge in [-0.2, -0.15) is 0 Å². The Balaban J connectivity index is 1.50. The summed E-state index contributed by atoms with van der Waals surface area (Å²) < 4.78 is 1.49. The zero-order chi connectivity index (χ0) is 19.0. The molecular weight excluding hydrogens is 364 g/mol. The highest BCUT2D eigenvalue weighted by Crippen LogP contribution is 2.27. The number of benzene rings is 1. The molecule has 1 fully saturated rings. The summed E-state index contributed by atoms with van der Waals surface area (Å²) in [7, 11) is 0. The van der Waals surface area contributed by atoms with Crippen molar-refractivity contribution in [3.8, 4) is 0 Å². The number of hydrogen-bond donors (Lipinski definition) is 1. The van der Waals surface area contributed by atoms with Crippen LogP contribution in [0, 0.1) is 0 Å². The van der Waals surface area contributed by atoms with E-state index < -0.39 is 0 Å². The number of halogens is 1. The van der Waals surface area contributed by atoms with Gasteiger partial charge >= 0.3 is 0 Å². The Kier molecular flexibility index (Phi) is 4.74. The number of nitrogens with one attached hydrogen (secondary N) is 1. The lowest BCUT2D eigenvalue weighted by Gasteiger charge is -2.31. The number of H-pyrrole nitrogens is 1. The fourth-order valence-corrected chi connectivity index (χ4v) is 3.80. The molecule has 0 radical (unpaired) electrons. The van der Waals surface area contributed by atoms with Crippen molar-refractivity contribution in [2.45, 2.75) is 32.1 Å². The van der Waals surface area contributed by atoms with E-state index in [1.54, 1.807) is 30.3 Å². The third-order valence-corrected chi connectivity index (χ3v) is 5.52. The first kappa shape index (κ1) is 17.8. The fourth-order valence-electron chi connectivity index (χ4n) is 3.67. The number of rotatable bonds is 3. The number of aromatic nitrogens is 3. The molecule has 1 aromatic carbocycles. The number of carbonyl (C=O) groups excluding carboxylic acids is 1. The molecule has 1 amide bonds. The molecule has 27 heavy (non-hydrogen) atoms. The molecule has 0 unspecified atom stereocenters. The van der Waals surface area contributed by atoms with E-state index in [0.717, 1.165) is 30.5 Å². The molecule has 1 aliphatic rings. The monoisotopic (exact) mass is 384 g/mol. The minimum Gasteiger partial charge on any atom is -0.339 e. The average Bonchev–Trinajstić information content (AvgIpc) is 3.12. The van der Waals surface area contributed by atoms with Crippen molar-refractivity contribution in [1.82, 2.24) is 19.5 Å². The molecule has 0 atom stereocenters. The molecule has 0 bridgehead atoms. The standard InChI is InChI=1S/C20H21ClN4O2/c1-2-13-12-22-25-18(26)11-17(23-19(13)25)14-7-9-24(10-8-14)20(27)15-3-5-16(21)6-4-15/h3-6,11-12,14,22H,2,7-10H2,1H3. The zero-order valence-electron chi connectivity index (χ0n) is 15.1. The van der Waals surface area contributed by atoms with Gasteiger partial charge in [0.15, 0.2) is 5.65 Å². The fraction of sp³-hybridized carbons (Fsp3) is 0.350. The van der Waals surface area contributed by atoms with Gasteiger partial charge in [-0.25, -0.2) is 9.50 Å². The van der Waals surface area contributed by atoms with E-state index in [1.165, 1.54) is 4.52 Å². The smallest absolute Gasteiger partial charge is 0.272 e. The highest BCUT2D eigenvalue weighted by Gasteiger charge is 2.26. The maximum Gasteiger partial charge on any atom is 0.272 e. The second-order valence-corrected chi connectivity index (χ2v) is 7.34. The lowest BCUT2D eigenvalue weighted by atomic mass is 9.93. The summed E-state index contributed by atoms with van der Waals surface area (Å²) in [6.45, 7) is 3.35. The van der Waals surface area contributed by atoms with Crippen molar-refractivity contribution < 1.29 is 4.79 Å². The molecule has 6 nitrogen and oxygen atoms in total. The molecule has 3 aromatic rings. The molecule has 0 saturated carbocycles. The minimum absolute atomic E-state index is 0.0208. The van der Waals surface area contributed by atoms with Gasteiger partial charge in [-0.1, -0.05) is 18.5 Å². The van der Waals surface area contributed by atoms with Crippen molar-refractivity contribution in [1.29, 1.82) is 0 Å². The van der Waals surface area contributed by atoms with Crippen molar-refractivity contribution >= 4 is 23.2 Å². The Morgan fingerprint density at radius 2 is 1.96 bits per heavy atom. The van der Waals surface area contributed by atoms with Crippen molar-refractivity contribution in [3.63, 3.8) is 0 Å². The van der Waals surface area contributed by atoms with Crippen LogP contribution in [0.15, 0.2) is 41.3 Å². The van der Waals surface area contributed by atoms with E-state index in [2.05, 4.69) is 5.10 Å². The Morgan fingerprint density at radius 3 is 2.63 bits per heavy atom. The molecule has 1 N–H and O–H groups in total. The first-order valence-corrected chi connectivity index (χ1v) is 9.59. The Bertz CT molecular complexity index is 1030. The molecule has 4 rings (SSSR count). The van der Waals surface area contributed by atoms with Crippen LogP contribution in [0.4, 0.5) is 0 Å². The summed E-state index contributed by atoms with van der Waals surface area (Å²) in [6.07, 6.45) is 4.25. The Morgan fingerprint density at radius 1 is 1.26 bits per heavy atom. The van der Waals surface area contributed by atoms with Gasteiger partial charge in [0.05, 0.1) is 5.69 Å². The van der Waals surface area contributed by atoms with Crippen LogP contribution in [0.3, 0.4) is 0 Å². The highest BCUT2D eigenvalue weighted by atomic mass is 35.5. The average molecular weight is 385 g/mol. The van der Waals surface area contributed by atoms with Crippen LogP contribution >= 0.6 is 11.6 Å². The summed E-state index contributed by atoms with van der Waals surface area (Å²) in [6, 6.07) is 8.59. The van der Waals surface area contributed by atoms with Crippen LogP contribution < -0.4 is 5.56 Å². The Labute approximate surface area is 161 Å². The number of carbonyl (C=O) groups is 1. The number of piperidine rings is 1. The summed E-state index contributed by atoms with van der Waals surface area (Å²) in [5, 5.41) is 3.58. The van der Waals surface area contributed by atoms with E-state index in [9.17, 15) is 9.59 Å². The van der Waals surface area contributed by atoms with Crippen molar-refractivity contribution in [2.24, 2.45) is 0 Å². The van der Waals surface area contributed by atoms with Crippen molar-refractivity contribution in [3.05, 3.63) is 68.7 Å². The number of amides is 1. The SMILES string of the molecule is CCc1c[nH]n2c(=O)cc(C3CCN(C(=O)c4ccc(Cl)cc4)CC3)nc12. The van der Waals surface area contributed by atoms with Crippen molar-refractivity contribution in [2.75, 3.05) is 13.1 Å². The quantitative estimate of drug-likeness (QED) is 0.753. The van der Waals surface area contributed by atoms with E-state index in [4.69, 9.17) is 16.6 Å². The predicted octanol–water partition coefficient (Wildman–Crippen LogP) is 3.26. The van der Waals surface area contributed by atoms with Gasteiger partial charge in [0.2, 0.25) is 0 Å². The molecule has 7 heteroatoms. The van der Waals surface area contributed by atoms with Crippen LogP contribution in [0.1, 0.15) is 47.3 Å². The predicted molar refractivity (Wildman–Crippen MR) is 105 cm³/mol. The molecule has 0 aliphatic carbocycles. The summed E-state index contributed by atoms with van der Waals surface area (Å²) >= 11 is 5.90. The number of likely N-dealkylation sites (tertiary alicyclic amines) is 1. The van der Waals surface area contributed by atoms with Gasteiger partial charge in [0, 0.05) is 47.4 Å². The second-order valence-electron chi connectivity index (χ2n) is 6.90. The lowest BCUT2D eigenvalue weighted by Crippen LogP contribution is -2.38. The summed E-state index contributed by atoms with van der Waals surface area (Å²) in [4.78, 5) is 31.6. The maximum absolute atomic E-state index is 12.6. The second kappa shape index (κ2) is 7.19. The highest BCUT2D eigenvalue weighted by molar-refractivity contribution is 6.30. The van der Waals surface area contributed by atoms with E-state index >= 15 is 0 Å². The van der Waals surface area contributed by atoms with Gasteiger partial charge in [0.1, 0.15) is 0 Å². The number of aryl methyl sites for hydroxylation is 1. The maximum atomic E-state index is 12.6. The van der Waals surface area contributed by atoms with Gasteiger partial charge in [0.25, 0.3) is 11.5 Å². The van der Waals surface area contributed by atoms with Gasteiger partial charge in [-0.05, 0) is 43.5 Å². The largest absolute Gasteiger partial charge is 0.339 e. The molecule has 1 aliphatic heterocycles. The van der Waals surface area contributed by atoms with Crippen LogP contribution in [0.2, 0.25) is 5.02 Å². The van der Waals surface area contributed by atoms with Crippen LogP contribution in [-0.4, -0.2) is 38.5 Å². The topological polar surface area (TPSA) is 70.5 Å². The van der Waals surface area contributed by atoms with E-state index in [-0.39, 0.29) is 17.4 Å². The minimum atomic E-state index is -0.0885. The zero-order valence-corrected chi connectivity index (χ0v) is 15.9. The number of aromatic amines is 1. The molecule has 1 saturated heterocycles. The third-order valence-electron chi connectivity index (χ3n) is 5.27. The van der Waals surface area contributed by atoms with Crippen LogP contribution in [-0.2, 0) is 6.42 Å². The van der Waals surface area contributed by atoms with Gasteiger partial charge in [-0.3, -0.25) is 14.7 Å². The summed E-state index contributed by atoms with van der Waals surface area (Å²) in [5.41, 5.74) is 3.13. The molecular formula is C20H21ClN4O2. The third kappa shape index (κ3) is 3.37. The van der Waals surface area contributed by atoms with E-state index in [0.29, 0.717) is 29.3 Å². The molecule has 2 aromatic heterocycles. The number of fused-ring (bicyclic) bond motifs is 1. The van der Waals surface area contributed by atoms with Crippen LogP contribution in [0.25, 0.3) is 5.65 Å². The molecule has 140 valence electrons. The first-order chi connectivity index (χ1) is 13.1. The van der Waals surface area contributed by atoms with E-state index in [1.807, 2.05) is 18.0 Å². The van der Waals surface area contributed by atoms with Gasteiger partial charge < -0.3 is 4.90 Å². The number of nitrogens with zero attached hydrogens (tertiary/aromatic N) is 3. The van der Waals surface area contributed by atoms with Gasteiger partial charge in [-0.15, -0.1) is 0 Å².